The molecule has 0 spiro atoms. The predicted octanol–water partition coefficient (Wildman–Crippen LogP) is 3.75. The fraction of sp³-hybridized carbons (Fsp3) is 0.182. The first-order valence-electron chi connectivity index (χ1n) is 9.26. The molecule has 0 aromatic heterocycles. The molecule has 0 heterocycles. The van der Waals surface area contributed by atoms with E-state index in [9.17, 15) is 14.7 Å². The molecule has 2 N–H and O–H groups in total. The normalized spacial score (nSPS) is 10.4. The maximum atomic E-state index is 11.3. The van der Waals surface area contributed by atoms with Crippen LogP contribution in [0.15, 0.2) is 84.1 Å². The Balaban J connectivity index is 1.97. The van der Waals surface area contributed by atoms with E-state index in [1.807, 2.05) is 17.0 Å². The number of hydrogen-bond acceptors (Lipinski definition) is 7. The van der Waals surface area contributed by atoms with Gasteiger partial charge in [-0.3, -0.25) is 4.79 Å². The number of esters is 1. The highest BCUT2D eigenvalue weighted by Gasteiger charge is 2.07. The summed E-state index contributed by atoms with van der Waals surface area (Å²) in [4.78, 5) is 24.3. The summed E-state index contributed by atoms with van der Waals surface area (Å²) in [5, 5.41) is 20.3. The molecule has 0 radical (unpaired) electrons. The van der Waals surface area contributed by atoms with Gasteiger partial charge in [0.25, 0.3) is 0 Å². The lowest BCUT2D eigenvalue weighted by atomic mass is 10.2. The molecule has 0 bridgehead atoms. The third-order valence-corrected chi connectivity index (χ3v) is 3.96. The minimum atomic E-state index is -0.481. The summed E-state index contributed by atoms with van der Waals surface area (Å²) >= 11 is 0. The molecule has 0 aliphatic rings. The van der Waals surface area contributed by atoms with Crippen molar-refractivity contribution in [3.05, 3.63) is 73.8 Å². The molecule has 0 atom stereocenters. The van der Waals surface area contributed by atoms with E-state index in [0.717, 1.165) is 11.8 Å². The summed E-state index contributed by atoms with van der Waals surface area (Å²) in [7, 11) is 0. The van der Waals surface area contributed by atoms with Crippen molar-refractivity contribution in [3.8, 4) is 0 Å². The van der Waals surface area contributed by atoms with Crippen molar-refractivity contribution in [1.29, 1.82) is 0 Å². The molecule has 0 saturated heterocycles. The molecule has 0 aliphatic heterocycles. The van der Waals surface area contributed by atoms with E-state index in [0.29, 0.717) is 30.2 Å². The molecule has 0 saturated carbocycles. The Labute approximate surface area is 175 Å². The molecule has 8 nitrogen and oxygen atoms in total. The largest absolute Gasteiger partial charge is 0.461 e. The number of rotatable bonds is 11. The van der Waals surface area contributed by atoms with Crippen LogP contribution in [-0.2, 0) is 14.3 Å². The molecule has 0 aliphatic carbocycles. The molecule has 30 heavy (non-hydrogen) atoms. The number of nitrogens with one attached hydrogen (secondary N) is 1. The van der Waals surface area contributed by atoms with Crippen molar-refractivity contribution in [2.75, 3.05) is 36.5 Å². The third kappa shape index (κ3) is 7.33. The lowest BCUT2D eigenvalue weighted by molar-refractivity contribution is -0.137. The highest BCUT2D eigenvalue weighted by Crippen LogP contribution is 2.23. The average Bonchev–Trinajstić information content (AvgIpc) is 2.78. The topological polar surface area (TPSA) is 104 Å². The van der Waals surface area contributed by atoms with Crippen molar-refractivity contribution in [3.63, 3.8) is 0 Å². The first-order chi connectivity index (χ1) is 14.5. The number of amides is 1. The third-order valence-electron chi connectivity index (χ3n) is 3.96. The van der Waals surface area contributed by atoms with E-state index in [1.165, 1.54) is 6.08 Å². The van der Waals surface area contributed by atoms with Gasteiger partial charge in [0, 0.05) is 24.0 Å². The summed E-state index contributed by atoms with van der Waals surface area (Å²) in [5.41, 5.74) is 2.80. The van der Waals surface area contributed by atoms with Crippen molar-refractivity contribution >= 4 is 34.6 Å². The number of hydrogen-bond donors (Lipinski definition) is 2. The molecule has 2 rings (SSSR count). The maximum absolute atomic E-state index is 11.3. The van der Waals surface area contributed by atoms with Crippen LogP contribution in [0.3, 0.4) is 0 Å². The number of anilines is 2. The van der Waals surface area contributed by atoms with Gasteiger partial charge in [-0.2, -0.15) is 10.2 Å². The Morgan fingerprint density at radius 2 is 1.57 bits per heavy atom. The Bertz CT molecular complexity index is 892. The first kappa shape index (κ1) is 22.5. The number of aliphatic hydroxyl groups is 1. The van der Waals surface area contributed by atoms with Gasteiger partial charge in [0.2, 0.25) is 5.91 Å². The molecule has 2 aromatic carbocycles. The molecule has 156 valence electrons. The molecule has 8 heteroatoms. The minimum Gasteiger partial charge on any atom is -0.461 e. The van der Waals surface area contributed by atoms with Gasteiger partial charge in [-0.1, -0.05) is 13.2 Å². The zero-order valence-corrected chi connectivity index (χ0v) is 16.5. The van der Waals surface area contributed by atoms with Crippen LogP contribution in [0.5, 0.6) is 0 Å². The zero-order valence-electron chi connectivity index (χ0n) is 16.5. The number of ether oxygens (including phenoxy) is 1. The summed E-state index contributed by atoms with van der Waals surface area (Å²) in [6.45, 7) is 7.77. The highest BCUT2D eigenvalue weighted by molar-refractivity contribution is 5.98. The predicted molar refractivity (Wildman–Crippen MR) is 116 cm³/mol. The van der Waals surface area contributed by atoms with Crippen LogP contribution in [0.25, 0.3) is 0 Å². The van der Waals surface area contributed by atoms with Crippen LogP contribution in [0.4, 0.5) is 22.7 Å². The minimum absolute atomic E-state index is 0.0277. The van der Waals surface area contributed by atoms with Gasteiger partial charge < -0.3 is 20.1 Å². The lowest BCUT2D eigenvalue weighted by Crippen LogP contribution is -2.30. The van der Waals surface area contributed by atoms with E-state index in [4.69, 9.17) is 4.74 Å². The van der Waals surface area contributed by atoms with E-state index in [-0.39, 0.29) is 19.1 Å². The van der Waals surface area contributed by atoms with Gasteiger partial charge in [0.15, 0.2) is 0 Å². The number of carbonyl (C=O) groups excluding carboxylic acids is 2. The Hall–Kier alpha value is -3.78. The van der Waals surface area contributed by atoms with Gasteiger partial charge in [-0.15, -0.1) is 0 Å². The molecular formula is C22H24N4O4. The fourth-order valence-corrected chi connectivity index (χ4v) is 2.46. The van der Waals surface area contributed by atoms with Gasteiger partial charge in [0.05, 0.1) is 24.5 Å². The van der Waals surface area contributed by atoms with Crippen LogP contribution in [-0.4, -0.2) is 43.3 Å². The van der Waals surface area contributed by atoms with E-state index < -0.39 is 5.97 Å². The fourth-order valence-electron chi connectivity index (χ4n) is 2.46. The van der Waals surface area contributed by atoms with Gasteiger partial charge in [-0.05, 0) is 54.6 Å². The quantitative estimate of drug-likeness (QED) is 0.335. The van der Waals surface area contributed by atoms with Crippen molar-refractivity contribution in [2.24, 2.45) is 10.2 Å². The second kappa shape index (κ2) is 11.9. The second-order valence-electron chi connectivity index (χ2n) is 6.04. The number of aliphatic hydroxyl groups excluding tert-OH is 1. The number of benzene rings is 2. The van der Waals surface area contributed by atoms with E-state index in [2.05, 4.69) is 28.7 Å². The van der Waals surface area contributed by atoms with Gasteiger partial charge in [-0.25, -0.2) is 4.79 Å². The van der Waals surface area contributed by atoms with Crippen molar-refractivity contribution in [2.45, 2.75) is 0 Å². The Morgan fingerprint density at radius 3 is 2.10 bits per heavy atom. The van der Waals surface area contributed by atoms with Crippen molar-refractivity contribution < 1.29 is 19.4 Å². The van der Waals surface area contributed by atoms with Crippen LogP contribution in [0, 0.1) is 0 Å². The smallest absolute Gasteiger partial charge is 0.330 e. The Morgan fingerprint density at radius 1 is 0.967 bits per heavy atom. The van der Waals surface area contributed by atoms with E-state index in [1.54, 1.807) is 36.4 Å². The lowest BCUT2D eigenvalue weighted by Gasteiger charge is -2.23. The average molecular weight is 408 g/mol. The summed E-state index contributed by atoms with van der Waals surface area (Å²) in [6, 6.07) is 14.2. The zero-order chi connectivity index (χ0) is 21.8. The Kier molecular flexibility index (Phi) is 8.95. The summed E-state index contributed by atoms with van der Waals surface area (Å²) in [5.74, 6) is -0.760. The monoisotopic (exact) mass is 408 g/mol. The number of azo groups is 1. The maximum Gasteiger partial charge on any atom is 0.330 e. The highest BCUT2D eigenvalue weighted by atomic mass is 16.5. The molecule has 0 fully saturated rings. The molecule has 1 amide bonds. The summed E-state index contributed by atoms with van der Waals surface area (Å²) < 4.78 is 4.99. The van der Waals surface area contributed by atoms with Crippen LogP contribution >= 0.6 is 0 Å². The molecule has 2 aromatic rings. The van der Waals surface area contributed by atoms with Crippen LogP contribution in [0.1, 0.15) is 0 Å². The molecular weight excluding hydrogens is 384 g/mol. The second-order valence-corrected chi connectivity index (χ2v) is 6.04. The number of carbonyl (C=O) groups is 2. The van der Waals surface area contributed by atoms with Crippen molar-refractivity contribution in [1.82, 2.24) is 0 Å². The standard InChI is InChI=1S/C22H24N4O4/c1-3-21(28)23-17-5-7-18(8-6-17)24-25-19-9-11-20(12-10-19)26(13-15-27)14-16-30-22(29)4-2/h3-12,27H,1-2,13-16H2,(H,23,28). The van der Waals surface area contributed by atoms with Gasteiger partial charge in [0.1, 0.15) is 6.61 Å². The SMILES string of the molecule is C=CC(=O)Nc1ccc(N=Nc2ccc(N(CCO)CCOC(=O)C=C)cc2)cc1. The van der Waals surface area contributed by atoms with E-state index >= 15 is 0 Å². The van der Waals surface area contributed by atoms with Gasteiger partial charge >= 0.3 is 5.97 Å². The summed E-state index contributed by atoms with van der Waals surface area (Å²) in [6.07, 6.45) is 2.31. The first-order valence-corrected chi connectivity index (χ1v) is 9.26. The van der Waals surface area contributed by atoms with Crippen LogP contribution in [0.2, 0.25) is 0 Å². The number of nitrogens with zero attached hydrogens (tertiary/aromatic N) is 3. The van der Waals surface area contributed by atoms with Crippen LogP contribution < -0.4 is 10.2 Å². The molecule has 0 unspecified atom stereocenters.